The van der Waals surface area contributed by atoms with E-state index in [1.54, 1.807) is 12.1 Å². The molecule has 1 aromatic carbocycles. The van der Waals surface area contributed by atoms with Crippen LogP contribution in [0.25, 0.3) is 0 Å². The number of hydrogen-bond acceptors (Lipinski definition) is 6. The fourth-order valence-corrected chi connectivity index (χ4v) is 3.64. The molecule has 166 valence electrons. The molecule has 0 spiro atoms. The lowest BCUT2D eigenvalue weighted by Gasteiger charge is -2.31. The lowest BCUT2D eigenvalue weighted by atomic mass is 9.97. The summed E-state index contributed by atoms with van der Waals surface area (Å²) in [4.78, 5) is 26.4. The Morgan fingerprint density at radius 2 is 1.80 bits per heavy atom. The average Bonchev–Trinajstić information content (AvgIpc) is 2.67. The van der Waals surface area contributed by atoms with Crippen molar-refractivity contribution in [3.05, 3.63) is 17.2 Å². The number of hydrogen-bond donors (Lipinski definition) is 2. The summed E-state index contributed by atoms with van der Waals surface area (Å²) in [7, 11) is 0. The van der Waals surface area contributed by atoms with Gasteiger partial charge in [0, 0.05) is 18.7 Å². The summed E-state index contributed by atoms with van der Waals surface area (Å²) < 4.78 is 16.3. The predicted octanol–water partition coefficient (Wildman–Crippen LogP) is 3.29. The van der Waals surface area contributed by atoms with Crippen LogP contribution < -0.4 is 20.1 Å². The Balaban J connectivity index is 1.41. The number of likely N-dealkylation sites (tertiary alicyclic amines) is 1. The van der Waals surface area contributed by atoms with E-state index in [4.69, 9.17) is 25.8 Å². The largest absolute Gasteiger partial charge is 0.486 e. The van der Waals surface area contributed by atoms with Gasteiger partial charge in [0.25, 0.3) is 0 Å². The molecule has 0 bridgehead atoms. The minimum Gasteiger partial charge on any atom is -0.486 e. The molecule has 1 saturated heterocycles. The highest BCUT2D eigenvalue weighted by atomic mass is 35.5. The fraction of sp³-hybridized carbons (Fsp3) is 0.619. The average molecular weight is 440 g/mol. The molecular formula is C21H30ClN3O5. The number of halogens is 1. The number of rotatable bonds is 5. The smallest absolute Gasteiger partial charge is 0.407 e. The van der Waals surface area contributed by atoms with Crippen molar-refractivity contribution in [2.75, 3.05) is 44.7 Å². The van der Waals surface area contributed by atoms with Crippen molar-refractivity contribution >= 4 is 29.3 Å². The van der Waals surface area contributed by atoms with Gasteiger partial charge in [-0.15, -0.1) is 0 Å². The number of fused-ring (bicyclic) bond motifs is 1. The van der Waals surface area contributed by atoms with Gasteiger partial charge in [-0.05, 0) is 52.6 Å². The molecule has 2 heterocycles. The number of nitrogens with zero attached hydrogens (tertiary/aromatic N) is 1. The molecule has 30 heavy (non-hydrogen) atoms. The number of benzene rings is 1. The number of ether oxygens (including phenoxy) is 3. The normalized spacial score (nSPS) is 17.3. The Bertz CT molecular complexity index is 773. The second-order valence-electron chi connectivity index (χ2n) is 8.63. The molecule has 0 unspecified atom stereocenters. The first-order chi connectivity index (χ1) is 14.2. The molecule has 0 radical (unpaired) electrons. The van der Waals surface area contributed by atoms with Crippen molar-refractivity contribution in [3.8, 4) is 11.5 Å². The quantitative estimate of drug-likeness (QED) is 0.731. The van der Waals surface area contributed by atoms with Gasteiger partial charge in [-0.25, -0.2) is 4.79 Å². The SMILES string of the molecule is CC(C)(C)OC(=O)NCC1CCN(CC(=O)Nc2cc3c(cc2Cl)OCCO3)CC1. The van der Waals surface area contributed by atoms with Crippen LogP contribution >= 0.6 is 11.6 Å². The highest BCUT2D eigenvalue weighted by Gasteiger charge is 2.23. The molecule has 2 N–H and O–H groups in total. The molecular weight excluding hydrogens is 410 g/mol. The standard InChI is InChI=1S/C21H30ClN3O5/c1-21(2,3)30-20(27)23-12-14-4-6-25(7-5-14)13-19(26)24-16-11-18-17(10-15(16)22)28-8-9-29-18/h10-11,14H,4-9,12-13H2,1-3H3,(H,23,27)(H,24,26). The summed E-state index contributed by atoms with van der Waals surface area (Å²) >= 11 is 6.26. The van der Waals surface area contributed by atoms with Gasteiger partial charge in [-0.3, -0.25) is 9.69 Å². The third-order valence-electron chi connectivity index (χ3n) is 4.91. The number of nitrogens with one attached hydrogen (secondary N) is 2. The Labute approximate surface area is 182 Å². The van der Waals surface area contributed by atoms with E-state index in [1.165, 1.54) is 0 Å². The highest BCUT2D eigenvalue weighted by Crippen LogP contribution is 2.37. The minimum atomic E-state index is -0.499. The first-order valence-corrected chi connectivity index (χ1v) is 10.7. The molecule has 0 atom stereocenters. The molecule has 1 aromatic rings. The van der Waals surface area contributed by atoms with Gasteiger partial charge in [0.05, 0.1) is 17.3 Å². The van der Waals surface area contributed by atoms with E-state index in [9.17, 15) is 9.59 Å². The summed E-state index contributed by atoms with van der Waals surface area (Å²) in [5.41, 5.74) is 0.0170. The van der Waals surface area contributed by atoms with Crippen molar-refractivity contribution in [1.29, 1.82) is 0 Å². The summed E-state index contributed by atoms with van der Waals surface area (Å²) in [6.45, 7) is 8.94. The lowest BCUT2D eigenvalue weighted by Crippen LogP contribution is -2.42. The summed E-state index contributed by atoms with van der Waals surface area (Å²) in [5, 5.41) is 6.11. The van der Waals surface area contributed by atoms with E-state index >= 15 is 0 Å². The lowest BCUT2D eigenvalue weighted by molar-refractivity contribution is -0.117. The number of piperidine rings is 1. The van der Waals surface area contributed by atoms with Crippen molar-refractivity contribution in [2.45, 2.75) is 39.2 Å². The van der Waals surface area contributed by atoms with Gasteiger partial charge in [0.15, 0.2) is 11.5 Å². The van der Waals surface area contributed by atoms with Gasteiger partial charge in [-0.1, -0.05) is 11.6 Å². The highest BCUT2D eigenvalue weighted by molar-refractivity contribution is 6.34. The molecule has 0 aliphatic carbocycles. The molecule has 0 aromatic heterocycles. The van der Waals surface area contributed by atoms with E-state index in [0.29, 0.717) is 47.9 Å². The first-order valence-electron chi connectivity index (χ1n) is 10.3. The number of carbonyl (C=O) groups excluding carboxylic acids is 2. The number of alkyl carbamates (subject to hydrolysis) is 1. The molecule has 1 fully saturated rings. The fourth-order valence-electron chi connectivity index (χ4n) is 3.44. The molecule has 2 aliphatic heterocycles. The van der Waals surface area contributed by atoms with E-state index < -0.39 is 5.60 Å². The van der Waals surface area contributed by atoms with Gasteiger partial charge in [-0.2, -0.15) is 0 Å². The predicted molar refractivity (Wildman–Crippen MR) is 114 cm³/mol. The van der Waals surface area contributed by atoms with Crippen LogP contribution in [-0.4, -0.2) is 61.9 Å². The van der Waals surface area contributed by atoms with Crippen molar-refractivity contribution in [3.63, 3.8) is 0 Å². The molecule has 0 saturated carbocycles. The van der Waals surface area contributed by atoms with Crippen LogP contribution in [0, 0.1) is 5.92 Å². The van der Waals surface area contributed by atoms with E-state index in [2.05, 4.69) is 15.5 Å². The molecule has 2 aliphatic rings. The van der Waals surface area contributed by atoms with Gasteiger partial charge in [0.2, 0.25) is 5.91 Å². The topological polar surface area (TPSA) is 89.1 Å². The van der Waals surface area contributed by atoms with Crippen molar-refractivity contribution < 1.29 is 23.8 Å². The zero-order chi connectivity index (χ0) is 21.7. The maximum atomic E-state index is 12.5. The number of anilines is 1. The van der Waals surface area contributed by atoms with Crippen molar-refractivity contribution in [1.82, 2.24) is 10.2 Å². The van der Waals surface area contributed by atoms with Crippen LogP contribution in [0.15, 0.2) is 12.1 Å². The Morgan fingerprint density at radius 3 is 2.43 bits per heavy atom. The summed E-state index contributed by atoms with van der Waals surface area (Å²) in [6, 6.07) is 3.36. The summed E-state index contributed by atoms with van der Waals surface area (Å²) in [6.07, 6.45) is 1.43. The van der Waals surface area contributed by atoms with E-state index in [0.717, 1.165) is 25.9 Å². The second-order valence-corrected chi connectivity index (χ2v) is 9.03. The minimum absolute atomic E-state index is 0.126. The second kappa shape index (κ2) is 9.75. The zero-order valence-corrected chi connectivity index (χ0v) is 18.5. The number of carbonyl (C=O) groups is 2. The first kappa shape index (κ1) is 22.5. The maximum absolute atomic E-state index is 12.5. The summed E-state index contributed by atoms with van der Waals surface area (Å²) in [5.74, 6) is 1.42. The van der Waals surface area contributed by atoms with Crippen LogP contribution in [0.3, 0.4) is 0 Å². The zero-order valence-electron chi connectivity index (χ0n) is 17.8. The van der Waals surface area contributed by atoms with Gasteiger partial charge in [0.1, 0.15) is 18.8 Å². The molecule has 2 amide bonds. The van der Waals surface area contributed by atoms with Crippen LogP contribution in [0.4, 0.5) is 10.5 Å². The monoisotopic (exact) mass is 439 g/mol. The van der Waals surface area contributed by atoms with Crippen molar-refractivity contribution in [2.24, 2.45) is 5.92 Å². The Hall–Kier alpha value is -2.19. The number of amides is 2. The van der Waals surface area contributed by atoms with Gasteiger partial charge >= 0.3 is 6.09 Å². The maximum Gasteiger partial charge on any atom is 0.407 e. The van der Waals surface area contributed by atoms with Crippen LogP contribution in [0.2, 0.25) is 5.02 Å². The van der Waals surface area contributed by atoms with Crippen LogP contribution in [0.5, 0.6) is 11.5 Å². The van der Waals surface area contributed by atoms with E-state index in [-0.39, 0.29) is 18.5 Å². The third-order valence-corrected chi connectivity index (χ3v) is 5.23. The Morgan fingerprint density at radius 1 is 1.17 bits per heavy atom. The van der Waals surface area contributed by atoms with Crippen LogP contribution in [-0.2, 0) is 9.53 Å². The van der Waals surface area contributed by atoms with Gasteiger partial charge < -0.3 is 24.8 Å². The van der Waals surface area contributed by atoms with E-state index in [1.807, 2.05) is 20.8 Å². The molecule has 9 heteroatoms. The molecule has 3 rings (SSSR count). The third kappa shape index (κ3) is 6.67. The van der Waals surface area contributed by atoms with Crippen LogP contribution in [0.1, 0.15) is 33.6 Å². The Kier molecular flexibility index (Phi) is 7.31. The molecule has 8 nitrogen and oxygen atoms in total.